The molecule has 128 valence electrons. The molecule has 2 aliphatic heterocycles. The average Bonchev–Trinajstić information content (AvgIpc) is 2.52. The van der Waals surface area contributed by atoms with E-state index >= 15 is 0 Å². The van der Waals surface area contributed by atoms with E-state index in [1.165, 1.54) is 42.9 Å². The van der Waals surface area contributed by atoms with Crippen molar-refractivity contribution in [2.45, 2.75) is 38.5 Å². The van der Waals surface area contributed by atoms with E-state index in [4.69, 9.17) is 0 Å². The predicted molar refractivity (Wildman–Crippen MR) is 86.2 cm³/mol. The average molecular weight is 332 g/mol. The number of quaternary nitrogens is 1. The predicted octanol–water partition coefficient (Wildman–Crippen LogP) is -0.767. The number of likely N-dealkylation sites (tertiary alicyclic amines) is 1. The third kappa shape index (κ3) is 5.52. The van der Waals surface area contributed by atoms with Crippen LogP contribution in [0.2, 0.25) is 0 Å². The molecule has 2 aliphatic rings. The Morgan fingerprint density at radius 2 is 1.95 bits per heavy atom. The maximum absolute atomic E-state index is 12.2. The van der Waals surface area contributed by atoms with Crippen LogP contribution in [-0.4, -0.2) is 64.2 Å². The molecule has 1 atom stereocenters. The van der Waals surface area contributed by atoms with Crippen LogP contribution in [0.5, 0.6) is 0 Å². The molecule has 2 saturated heterocycles. The minimum Gasteiger partial charge on any atom is -0.356 e. The van der Waals surface area contributed by atoms with Gasteiger partial charge in [-0.3, -0.25) is 4.79 Å². The van der Waals surface area contributed by atoms with Gasteiger partial charge < -0.3 is 10.2 Å². The maximum Gasteiger partial charge on any atom is 0.224 e. The number of rotatable bonds is 6. The number of hydrogen-bond donors (Lipinski definition) is 2. The molecule has 6 nitrogen and oxygen atoms in total. The van der Waals surface area contributed by atoms with Gasteiger partial charge in [-0.1, -0.05) is 0 Å². The van der Waals surface area contributed by atoms with Gasteiger partial charge in [0.2, 0.25) is 15.9 Å². The number of hydrogen-bond acceptors (Lipinski definition) is 3. The van der Waals surface area contributed by atoms with E-state index in [1.54, 1.807) is 4.90 Å². The van der Waals surface area contributed by atoms with Crippen LogP contribution >= 0.6 is 0 Å². The van der Waals surface area contributed by atoms with Gasteiger partial charge in [-0.05, 0) is 32.1 Å². The van der Waals surface area contributed by atoms with Crippen molar-refractivity contribution in [2.24, 2.45) is 5.92 Å². The summed E-state index contributed by atoms with van der Waals surface area (Å²) in [4.78, 5) is 13.8. The van der Waals surface area contributed by atoms with Crippen LogP contribution in [-0.2, 0) is 14.8 Å². The molecule has 2 heterocycles. The fourth-order valence-corrected chi connectivity index (χ4v) is 4.37. The zero-order valence-corrected chi connectivity index (χ0v) is 14.5. The lowest BCUT2D eigenvalue weighted by Crippen LogP contribution is -3.12. The van der Waals surface area contributed by atoms with Gasteiger partial charge in [0.05, 0.1) is 31.8 Å². The minimum atomic E-state index is -3.18. The molecule has 0 aromatic rings. The summed E-state index contributed by atoms with van der Waals surface area (Å²) in [6, 6.07) is 0. The first-order chi connectivity index (χ1) is 10.5. The van der Waals surface area contributed by atoms with Crippen LogP contribution in [0.15, 0.2) is 0 Å². The summed E-state index contributed by atoms with van der Waals surface area (Å²) in [6.45, 7) is 5.24. The third-order valence-electron chi connectivity index (χ3n) is 4.79. The molecule has 2 fully saturated rings. The van der Waals surface area contributed by atoms with E-state index in [2.05, 4.69) is 5.32 Å². The van der Waals surface area contributed by atoms with Crippen molar-refractivity contribution in [3.8, 4) is 0 Å². The zero-order chi connectivity index (χ0) is 16.0. The van der Waals surface area contributed by atoms with E-state index in [0.29, 0.717) is 19.6 Å². The molecule has 7 heteroatoms. The first-order valence-corrected chi connectivity index (χ1v) is 10.4. The summed E-state index contributed by atoms with van der Waals surface area (Å²) in [7, 11) is -3.18. The van der Waals surface area contributed by atoms with Gasteiger partial charge in [-0.25, -0.2) is 12.7 Å². The van der Waals surface area contributed by atoms with Crippen LogP contribution in [0.25, 0.3) is 0 Å². The number of nitrogens with one attached hydrogen (secondary N) is 2. The molecule has 0 aromatic carbocycles. The Morgan fingerprint density at radius 3 is 2.64 bits per heavy atom. The Balaban J connectivity index is 1.66. The topological polar surface area (TPSA) is 70.9 Å². The summed E-state index contributed by atoms with van der Waals surface area (Å²) in [6.07, 6.45) is 7.78. The normalized spacial score (nSPS) is 25.0. The van der Waals surface area contributed by atoms with Gasteiger partial charge in [0.1, 0.15) is 0 Å². The monoisotopic (exact) mass is 332 g/mol. The highest BCUT2D eigenvalue weighted by Gasteiger charge is 2.29. The second-order valence-electron chi connectivity index (χ2n) is 6.67. The minimum absolute atomic E-state index is 0.0157. The lowest BCUT2D eigenvalue weighted by atomic mass is 9.99. The highest BCUT2D eigenvalue weighted by atomic mass is 32.2. The first kappa shape index (κ1) is 17.7. The van der Waals surface area contributed by atoms with Crippen LogP contribution in [0.3, 0.4) is 0 Å². The number of piperidine rings is 2. The van der Waals surface area contributed by atoms with Crippen molar-refractivity contribution in [3.63, 3.8) is 0 Å². The van der Waals surface area contributed by atoms with Gasteiger partial charge in [0.25, 0.3) is 0 Å². The molecule has 0 radical (unpaired) electrons. The number of sulfonamides is 1. The molecule has 1 amide bonds. The SMILES string of the molecule is CS(=O)(=O)N1CCCC(C(=O)NCCC[NH+]2CCCCC2)C1. The lowest BCUT2D eigenvalue weighted by Gasteiger charge is -2.30. The van der Waals surface area contributed by atoms with Gasteiger partial charge in [-0.15, -0.1) is 0 Å². The van der Waals surface area contributed by atoms with Crippen molar-refractivity contribution in [1.82, 2.24) is 9.62 Å². The van der Waals surface area contributed by atoms with E-state index < -0.39 is 10.0 Å². The molecule has 2 N–H and O–H groups in total. The Bertz CT molecular complexity index is 461. The molecule has 1 unspecified atom stereocenters. The number of amides is 1. The third-order valence-corrected chi connectivity index (χ3v) is 6.06. The fraction of sp³-hybridized carbons (Fsp3) is 0.933. The number of carbonyl (C=O) groups is 1. The molecule has 0 aromatic heterocycles. The van der Waals surface area contributed by atoms with Crippen LogP contribution in [0.4, 0.5) is 0 Å². The molecule has 0 spiro atoms. The molecular formula is C15H30N3O3S+. The molecule has 0 aliphatic carbocycles. The summed E-state index contributed by atoms with van der Waals surface area (Å²) in [5.41, 5.74) is 0. The first-order valence-electron chi connectivity index (χ1n) is 8.53. The molecular weight excluding hydrogens is 302 g/mol. The second-order valence-corrected chi connectivity index (χ2v) is 8.65. The quantitative estimate of drug-likeness (QED) is 0.628. The van der Waals surface area contributed by atoms with Gasteiger partial charge in [-0.2, -0.15) is 0 Å². The van der Waals surface area contributed by atoms with Crippen LogP contribution < -0.4 is 10.2 Å². The van der Waals surface area contributed by atoms with Crippen LogP contribution in [0, 0.1) is 5.92 Å². The van der Waals surface area contributed by atoms with E-state index in [0.717, 1.165) is 25.8 Å². The summed E-state index contributed by atoms with van der Waals surface area (Å²) >= 11 is 0. The Kier molecular flexibility index (Phi) is 6.65. The maximum atomic E-state index is 12.2. The Morgan fingerprint density at radius 1 is 1.23 bits per heavy atom. The van der Waals surface area contributed by atoms with E-state index in [-0.39, 0.29) is 11.8 Å². The zero-order valence-electron chi connectivity index (χ0n) is 13.6. The van der Waals surface area contributed by atoms with Crippen molar-refractivity contribution < 1.29 is 18.1 Å². The summed E-state index contributed by atoms with van der Waals surface area (Å²) in [5.74, 6) is -0.173. The molecule has 0 saturated carbocycles. The standard InChI is InChI=1S/C15H29N3O3S/c1-22(20,21)18-12-5-7-14(13-18)15(19)16-8-6-11-17-9-3-2-4-10-17/h14H,2-13H2,1H3,(H,16,19)/p+1. The van der Waals surface area contributed by atoms with Gasteiger partial charge in [0.15, 0.2) is 0 Å². The van der Waals surface area contributed by atoms with Crippen molar-refractivity contribution in [1.29, 1.82) is 0 Å². The van der Waals surface area contributed by atoms with E-state index in [9.17, 15) is 13.2 Å². The Labute approximate surface area is 134 Å². The number of carbonyl (C=O) groups excluding carboxylic acids is 1. The molecule has 0 bridgehead atoms. The van der Waals surface area contributed by atoms with Crippen molar-refractivity contribution in [3.05, 3.63) is 0 Å². The van der Waals surface area contributed by atoms with Crippen molar-refractivity contribution >= 4 is 15.9 Å². The van der Waals surface area contributed by atoms with E-state index in [1.807, 2.05) is 0 Å². The fourth-order valence-electron chi connectivity index (χ4n) is 3.45. The second kappa shape index (κ2) is 8.26. The highest BCUT2D eigenvalue weighted by molar-refractivity contribution is 7.88. The summed E-state index contributed by atoms with van der Waals surface area (Å²) < 4.78 is 24.6. The van der Waals surface area contributed by atoms with Gasteiger partial charge in [0, 0.05) is 26.1 Å². The lowest BCUT2D eigenvalue weighted by molar-refractivity contribution is -0.904. The highest BCUT2D eigenvalue weighted by Crippen LogP contribution is 2.18. The summed E-state index contributed by atoms with van der Waals surface area (Å²) in [5, 5.41) is 2.99. The van der Waals surface area contributed by atoms with Gasteiger partial charge >= 0.3 is 0 Å². The largest absolute Gasteiger partial charge is 0.356 e. The smallest absolute Gasteiger partial charge is 0.224 e. The number of nitrogens with zero attached hydrogens (tertiary/aromatic N) is 1. The molecule has 22 heavy (non-hydrogen) atoms. The van der Waals surface area contributed by atoms with Crippen molar-refractivity contribution in [2.75, 3.05) is 45.5 Å². The molecule has 2 rings (SSSR count). The van der Waals surface area contributed by atoms with Crippen LogP contribution in [0.1, 0.15) is 38.5 Å². The Hall–Kier alpha value is -0.660.